The van der Waals surface area contributed by atoms with Gasteiger partial charge in [-0.25, -0.2) is 0 Å². The van der Waals surface area contributed by atoms with Crippen molar-refractivity contribution in [2.24, 2.45) is 0 Å². The summed E-state index contributed by atoms with van der Waals surface area (Å²) < 4.78 is 8.01. The molecule has 4 aromatic carbocycles. The van der Waals surface area contributed by atoms with Crippen molar-refractivity contribution in [2.75, 3.05) is 7.11 Å². The van der Waals surface area contributed by atoms with Gasteiger partial charge < -0.3 is 9.30 Å². The van der Waals surface area contributed by atoms with Crippen molar-refractivity contribution < 1.29 is 4.74 Å². The minimum atomic E-state index is 0.902. The summed E-state index contributed by atoms with van der Waals surface area (Å²) in [5.74, 6) is 0.902. The molecule has 27 heavy (non-hydrogen) atoms. The van der Waals surface area contributed by atoms with Gasteiger partial charge in [-0.2, -0.15) is 0 Å². The molecule has 0 unspecified atom stereocenters. The Morgan fingerprint density at radius 2 is 1.37 bits per heavy atom. The van der Waals surface area contributed by atoms with Gasteiger partial charge in [0, 0.05) is 16.5 Å². The van der Waals surface area contributed by atoms with Gasteiger partial charge in [-0.1, -0.05) is 66.7 Å². The number of fused-ring (bicyclic) bond motifs is 3. The van der Waals surface area contributed by atoms with Crippen LogP contribution in [0.2, 0.25) is 0 Å². The Morgan fingerprint density at radius 3 is 2.11 bits per heavy atom. The van der Waals surface area contributed by atoms with Gasteiger partial charge in [-0.05, 0) is 41.5 Å². The van der Waals surface area contributed by atoms with E-state index in [1.807, 2.05) is 18.2 Å². The molecule has 0 saturated carbocycles. The van der Waals surface area contributed by atoms with E-state index in [0.29, 0.717) is 0 Å². The molecule has 1 aromatic heterocycles. The second-order valence-corrected chi connectivity index (χ2v) is 6.62. The van der Waals surface area contributed by atoms with Crippen LogP contribution in [0.4, 0.5) is 0 Å². The zero-order valence-corrected chi connectivity index (χ0v) is 15.1. The third-order valence-electron chi connectivity index (χ3n) is 5.09. The minimum absolute atomic E-state index is 0.902. The van der Waals surface area contributed by atoms with Gasteiger partial charge in [-0.3, -0.25) is 0 Å². The number of nitrogens with zero attached hydrogens (tertiary/aromatic N) is 1. The van der Waals surface area contributed by atoms with E-state index in [2.05, 4.69) is 83.4 Å². The van der Waals surface area contributed by atoms with Crippen LogP contribution in [0.5, 0.6) is 5.75 Å². The number of rotatable bonds is 3. The lowest BCUT2D eigenvalue weighted by Crippen LogP contribution is -1.93. The molecule has 130 valence electrons. The van der Waals surface area contributed by atoms with Crippen LogP contribution in [0.15, 0.2) is 97.1 Å². The van der Waals surface area contributed by atoms with Gasteiger partial charge in [-0.15, -0.1) is 0 Å². The van der Waals surface area contributed by atoms with Crippen LogP contribution in [0.25, 0.3) is 38.6 Å². The molecule has 0 fully saturated rings. The second kappa shape index (κ2) is 6.33. The van der Waals surface area contributed by atoms with Gasteiger partial charge in [0.25, 0.3) is 0 Å². The van der Waals surface area contributed by atoms with Crippen molar-refractivity contribution in [1.82, 2.24) is 4.57 Å². The quantitative estimate of drug-likeness (QED) is 0.364. The molecule has 0 aliphatic carbocycles. The third kappa shape index (κ3) is 2.49. The van der Waals surface area contributed by atoms with E-state index in [4.69, 9.17) is 4.74 Å². The van der Waals surface area contributed by atoms with E-state index in [-0.39, 0.29) is 0 Å². The van der Waals surface area contributed by atoms with Gasteiger partial charge in [0.15, 0.2) is 0 Å². The molecule has 5 aromatic rings. The summed E-state index contributed by atoms with van der Waals surface area (Å²) in [5.41, 5.74) is 5.91. The monoisotopic (exact) mass is 349 g/mol. The van der Waals surface area contributed by atoms with Crippen LogP contribution in [-0.4, -0.2) is 11.7 Å². The molecule has 0 aliphatic rings. The zero-order chi connectivity index (χ0) is 18.2. The van der Waals surface area contributed by atoms with Crippen LogP contribution >= 0.6 is 0 Å². The Labute approximate surface area is 158 Å². The number of aromatic nitrogens is 1. The molecule has 0 aliphatic heterocycles. The predicted octanol–water partition coefficient (Wildman–Crippen LogP) is 6.46. The smallest absolute Gasteiger partial charge is 0.128 e. The highest BCUT2D eigenvalue weighted by Crippen LogP contribution is 2.39. The normalized spacial score (nSPS) is 11.1. The topological polar surface area (TPSA) is 14.2 Å². The summed E-state index contributed by atoms with van der Waals surface area (Å²) in [6.07, 6.45) is 0. The number of hydrogen-bond donors (Lipinski definition) is 0. The lowest BCUT2D eigenvalue weighted by Gasteiger charge is -2.09. The van der Waals surface area contributed by atoms with Crippen LogP contribution in [-0.2, 0) is 0 Å². The van der Waals surface area contributed by atoms with Gasteiger partial charge in [0.1, 0.15) is 5.75 Å². The molecular formula is C25H19NO. The van der Waals surface area contributed by atoms with Gasteiger partial charge >= 0.3 is 0 Å². The first kappa shape index (κ1) is 15.7. The van der Waals surface area contributed by atoms with E-state index in [1.165, 1.54) is 22.0 Å². The molecule has 2 heteroatoms. The third-order valence-corrected chi connectivity index (χ3v) is 5.09. The summed E-state index contributed by atoms with van der Waals surface area (Å²) in [6.45, 7) is 0. The fourth-order valence-electron chi connectivity index (χ4n) is 3.87. The average Bonchev–Trinajstić information content (AvgIpc) is 3.08. The molecule has 0 spiro atoms. The van der Waals surface area contributed by atoms with Crippen molar-refractivity contribution in [2.45, 2.75) is 0 Å². The van der Waals surface area contributed by atoms with Crippen LogP contribution in [0, 0.1) is 0 Å². The lowest BCUT2D eigenvalue weighted by atomic mass is 10.0. The molecule has 0 bridgehead atoms. The van der Waals surface area contributed by atoms with E-state index in [0.717, 1.165) is 22.3 Å². The Balaban J connectivity index is 1.91. The number of methoxy groups -OCH3 is 1. The molecule has 5 rings (SSSR count). The summed E-state index contributed by atoms with van der Waals surface area (Å²) in [7, 11) is 1.73. The first-order valence-corrected chi connectivity index (χ1v) is 9.09. The Kier molecular flexibility index (Phi) is 3.68. The largest absolute Gasteiger partial charge is 0.496 e. The zero-order valence-electron chi connectivity index (χ0n) is 15.1. The lowest BCUT2D eigenvalue weighted by molar-refractivity contribution is 0.420. The Bertz CT molecular complexity index is 1240. The van der Waals surface area contributed by atoms with Crippen LogP contribution in [0.3, 0.4) is 0 Å². The first-order valence-electron chi connectivity index (χ1n) is 9.09. The standard InChI is InChI=1S/C25H19NO/c1-27-24-14-8-13-22-25(24)21-16-15-19(18-9-4-2-5-10-18)17-23(21)26(22)20-11-6-3-7-12-20/h2-17H,1H3. The van der Waals surface area contributed by atoms with E-state index in [9.17, 15) is 0 Å². The summed E-state index contributed by atoms with van der Waals surface area (Å²) in [5, 5.41) is 2.35. The molecule has 1 heterocycles. The minimum Gasteiger partial charge on any atom is -0.496 e. The molecule has 0 amide bonds. The predicted molar refractivity (Wildman–Crippen MR) is 113 cm³/mol. The Hall–Kier alpha value is -3.52. The highest BCUT2D eigenvalue weighted by atomic mass is 16.5. The van der Waals surface area contributed by atoms with E-state index >= 15 is 0 Å². The van der Waals surface area contributed by atoms with Crippen molar-refractivity contribution in [3.8, 4) is 22.6 Å². The van der Waals surface area contributed by atoms with Crippen molar-refractivity contribution in [3.63, 3.8) is 0 Å². The van der Waals surface area contributed by atoms with E-state index in [1.54, 1.807) is 7.11 Å². The number of ether oxygens (including phenoxy) is 1. The van der Waals surface area contributed by atoms with Crippen LogP contribution < -0.4 is 4.74 Å². The van der Waals surface area contributed by atoms with Crippen molar-refractivity contribution >= 4 is 21.8 Å². The average molecular weight is 349 g/mol. The fourth-order valence-corrected chi connectivity index (χ4v) is 3.87. The maximum atomic E-state index is 5.69. The summed E-state index contributed by atoms with van der Waals surface area (Å²) in [6, 6.07) is 33.9. The molecular weight excluding hydrogens is 330 g/mol. The van der Waals surface area contributed by atoms with Gasteiger partial charge in [0.2, 0.25) is 0 Å². The maximum absolute atomic E-state index is 5.69. The summed E-state index contributed by atoms with van der Waals surface area (Å²) >= 11 is 0. The molecule has 0 N–H and O–H groups in total. The fraction of sp³-hybridized carbons (Fsp3) is 0.0400. The van der Waals surface area contributed by atoms with Gasteiger partial charge in [0.05, 0.1) is 18.1 Å². The molecule has 0 saturated heterocycles. The van der Waals surface area contributed by atoms with Crippen molar-refractivity contribution in [1.29, 1.82) is 0 Å². The molecule has 2 nitrogen and oxygen atoms in total. The highest BCUT2D eigenvalue weighted by Gasteiger charge is 2.16. The first-order chi connectivity index (χ1) is 13.4. The van der Waals surface area contributed by atoms with Crippen LogP contribution in [0.1, 0.15) is 0 Å². The number of benzene rings is 4. The maximum Gasteiger partial charge on any atom is 0.128 e. The Morgan fingerprint density at radius 1 is 0.630 bits per heavy atom. The van der Waals surface area contributed by atoms with Crippen molar-refractivity contribution in [3.05, 3.63) is 97.1 Å². The number of hydrogen-bond acceptors (Lipinski definition) is 1. The number of para-hydroxylation sites is 1. The highest BCUT2D eigenvalue weighted by molar-refractivity contribution is 6.13. The summed E-state index contributed by atoms with van der Waals surface area (Å²) in [4.78, 5) is 0. The molecule has 0 radical (unpaired) electrons. The SMILES string of the molecule is COc1cccc2c1c1ccc(-c3ccccc3)cc1n2-c1ccccc1. The van der Waals surface area contributed by atoms with E-state index < -0.39 is 0 Å². The second-order valence-electron chi connectivity index (χ2n) is 6.62. The molecule has 0 atom stereocenters.